The Morgan fingerprint density at radius 2 is 2.05 bits per heavy atom. The van der Waals surface area contributed by atoms with Crippen LogP contribution < -0.4 is 5.32 Å². The molecule has 3 rings (SSSR count). The van der Waals surface area contributed by atoms with Crippen molar-refractivity contribution in [1.82, 2.24) is 10.3 Å². The summed E-state index contributed by atoms with van der Waals surface area (Å²) >= 11 is 1.37. The Morgan fingerprint density at radius 3 is 2.73 bits per heavy atom. The Labute approximate surface area is 132 Å². The van der Waals surface area contributed by atoms with Gasteiger partial charge in [0.2, 0.25) is 0 Å². The minimum absolute atomic E-state index is 0.231. The van der Waals surface area contributed by atoms with E-state index in [0.29, 0.717) is 0 Å². The highest BCUT2D eigenvalue weighted by Crippen LogP contribution is 2.24. The maximum atomic E-state index is 12.0. The lowest BCUT2D eigenvalue weighted by molar-refractivity contribution is -0.129. The molecule has 0 saturated heterocycles. The summed E-state index contributed by atoms with van der Waals surface area (Å²) in [6.45, 7) is 1.57. The van der Waals surface area contributed by atoms with E-state index in [-0.39, 0.29) is 17.6 Å². The van der Waals surface area contributed by atoms with Crippen molar-refractivity contribution in [3.63, 3.8) is 0 Å². The maximum Gasteiger partial charge on any atom is 0.358 e. The molecule has 1 aromatic heterocycles. The van der Waals surface area contributed by atoms with Crippen LogP contribution in [0.5, 0.6) is 0 Å². The number of hydrogen-bond acceptors (Lipinski definition) is 5. The molecule has 1 atom stereocenters. The topological polar surface area (TPSA) is 68.3 Å². The second-order valence-electron chi connectivity index (χ2n) is 5.23. The Morgan fingerprint density at radius 1 is 1.32 bits per heavy atom. The van der Waals surface area contributed by atoms with Gasteiger partial charge in [0.1, 0.15) is 5.01 Å². The van der Waals surface area contributed by atoms with E-state index in [0.717, 1.165) is 23.4 Å². The smallest absolute Gasteiger partial charge is 0.358 e. The van der Waals surface area contributed by atoms with E-state index in [1.54, 1.807) is 12.3 Å². The van der Waals surface area contributed by atoms with Crippen LogP contribution in [0.2, 0.25) is 0 Å². The highest BCUT2D eigenvalue weighted by molar-refractivity contribution is 7.13. The van der Waals surface area contributed by atoms with Crippen molar-refractivity contribution in [2.24, 2.45) is 0 Å². The zero-order chi connectivity index (χ0) is 15.5. The zero-order valence-corrected chi connectivity index (χ0v) is 12.9. The standard InChI is InChI=1S/C16H16N2O3S/c1-10(14(19)17-12-7-8-12)21-16(20)13-9-22-15(18-13)11-5-3-2-4-6-11/h2-6,9-10,12H,7-8H2,1H3,(H,17,19)/t10-/m0/s1. The van der Waals surface area contributed by atoms with Crippen molar-refractivity contribution < 1.29 is 14.3 Å². The van der Waals surface area contributed by atoms with E-state index in [2.05, 4.69) is 10.3 Å². The third kappa shape index (κ3) is 3.51. The highest BCUT2D eigenvalue weighted by Gasteiger charge is 2.27. The lowest BCUT2D eigenvalue weighted by Crippen LogP contribution is -2.37. The molecule has 5 nitrogen and oxygen atoms in total. The summed E-state index contributed by atoms with van der Waals surface area (Å²) < 4.78 is 5.17. The van der Waals surface area contributed by atoms with Gasteiger partial charge in [0.25, 0.3) is 5.91 Å². The first kappa shape index (κ1) is 14.7. The molecule has 0 spiro atoms. The second-order valence-corrected chi connectivity index (χ2v) is 6.09. The molecule has 1 heterocycles. The van der Waals surface area contributed by atoms with E-state index >= 15 is 0 Å². The number of carbonyl (C=O) groups excluding carboxylic acids is 2. The predicted molar refractivity (Wildman–Crippen MR) is 83.6 cm³/mol. The Balaban J connectivity index is 1.62. The number of nitrogens with one attached hydrogen (secondary N) is 1. The highest BCUT2D eigenvalue weighted by atomic mass is 32.1. The quantitative estimate of drug-likeness (QED) is 0.861. The van der Waals surface area contributed by atoms with Gasteiger partial charge >= 0.3 is 5.97 Å². The molecule has 1 aromatic carbocycles. The summed E-state index contributed by atoms with van der Waals surface area (Å²) in [6, 6.07) is 9.86. The molecule has 114 valence electrons. The van der Waals surface area contributed by atoms with Gasteiger partial charge in [-0.2, -0.15) is 0 Å². The fraction of sp³-hybridized carbons (Fsp3) is 0.312. The molecular weight excluding hydrogens is 300 g/mol. The average molecular weight is 316 g/mol. The molecule has 0 aliphatic heterocycles. The van der Waals surface area contributed by atoms with Gasteiger partial charge in [-0.05, 0) is 19.8 Å². The van der Waals surface area contributed by atoms with Crippen LogP contribution >= 0.6 is 11.3 Å². The number of hydrogen-bond donors (Lipinski definition) is 1. The molecule has 2 aromatic rings. The van der Waals surface area contributed by atoms with E-state index in [9.17, 15) is 9.59 Å². The van der Waals surface area contributed by atoms with Gasteiger partial charge in [0.05, 0.1) is 0 Å². The van der Waals surface area contributed by atoms with Crippen LogP contribution in [0, 0.1) is 0 Å². The van der Waals surface area contributed by atoms with Crippen LogP contribution in [0.3, 0.4) is 0 Å². The largest absolute Gasteiger partial charge is 0.448 e. The van der Waals surface area contributed by atoms with Crippen molar-refractivity contribution >= 4 is 23.2 Å². The molecule has 1 fully saturated rings. The zero-order valence-electron chi connectivity index (χ0n) is 12.1. The average Bonchev–Trinajstić information content (AvgIpc) is 3.19. The molecule has 1 aliphatic carbocycles. The first-order valence-corrected chi connectivity index (χ1v) is 8.04. The predicted octanol–water partition coefficient (Wildman–Crippen LogP) is 2.63. The molecule has 1 aliphatic rings. The number of rotatable bonds is 5. The second kappa shape index (κ2) is 6.27. The number of benzene rings is 1. The number of ether oxygens (including phenoxy) is 1. The summed E-state index contributed by atoms with van der Waals surface area (Å²) in [4.78, 5) is 28.1. The van der Waals surface area contributed by atoms with Gasteiger partial charge in [-0.3, -0.25) is 4.79 Å². The van der Waals surface area contributed by atoms with Crippen molar-refractivity contribution in [3.05, 3.63) is 41.4 Å². The van der Waals surface area contributed by atoms with E-state index in [1.165, 1.54) is 11.3 Å². The van der Waals surface area contributed by atoms with Gasteiger partial charge in [0, 0.05) is 17.0 Å². The van der Waals surface area contributed by atoms with Crippen molar-refractivity contribution in [3.8, 4) is 10.6 Å². The van der Waals surface area contributed by atoms with E-state index in [1.807, 2.05) is 30.3 Å². The minimum Gasteiger partial charge on any atom is -0.448 e. The Kier molecular flexibility index (Phi) is 4.20. The first-order chi connectivity index (χ1) is 10.6. The first-order valence-electron chi connectivity index (χ1n) is 7.16. The summed E-state index contributed by atoms with van der Waals surface area (Å²) in [7, 11) is 0. The van der Waals surface area contributed by atoms with Crippen LogP contribution in [-0.4, -0.2) is 29.0 Å². The van der Waals surface area contributed by atoms with Crippen LogP contribution in [0.15, 0.2) is 35.7 Å². The number of aromatic nitrogens is 1. The maximum absolute atomic E-state index is 12.0. The molecule has 1 N–H and O–H groups in total. The molecule has 0 bridgehead atoms. The van der Waals surface area contributed by atoms with Gasteiger partial charge in [-0.1, -0.05) is 30.3 Å². The van der Waals surface area contributed by atoms with Gasteiger partial charge in [-0.15, -0.1) is 11.3 Å². The normalized spacial score (nSPS) is 15.1. The molecule has 22 heavy (non-hydrogen) atoms. The van der Waals surface area contributed by atoms with E-state index < -0.39 is 12.1 Å². The summed E-state index contributed by atoms with van der Waals surface area (Å²) in [5.74, 6) is -0.828. The van der Waals surface area contributed by atoms with Crippen molar-refractivity contribution in [2.75, 3.05) is 0 Å². The molecule has 6 heteroatoms. The molecular formula is C16H16N2O3S. The van der Waals surface area contributed by atoms with E-state index in [4.69, 9.17) is 4.74 Å². The van der Waals surface area contributed by atoms with Crippen molar-refractivity contribution in [2.45, 2.75) is 31.9 Å². The van der Waals surface area contributed by atoms with Gasteiger partial charge < -0.3 is 10.1 Å². The van der Waals surface area contributed by atoms with Crippen LogP contribution in [0.25, 0.3) is 10.6 Å². The molecule has 1 amide bonds. The summed E-state index contributed by atoms with van der Waals surface area (Å²) in [5, 5.41) is 5.21. The molecule has 0 radical (unpaired) electrons. The number of thiazole rings is 1. The van der Waals surface area contributed by atoms with Gasteiger partial charge in [0.15, 0.2) is 11.8 Å². The van der Waals surface area contributed by atoms with Crippen LogP contribution in [0.4, 0.5) is 0 Å². The monoisotopic (exact) mass is 316 g/mol. The molecule has 0 unspecified atom stereocenters. The van der Waals surface area contributed by atoms with Crippen LogP contribution in [0.1, 0.15) is 30.3 Å². The fourth-order valence-corrected chi connectivity index (χ4v) is 2.70. The van der Waals surface area contributed by atoms with Gasteiger partial charge in [-0.25, -0.2) is 9.78 Å². The third-order valence-electron chi connectivity index (χ3n) is 3.31. The molecule has 1 saturated carbocycles. The fourth-order valence-electron chi connectivity index (χ4n) is 1.90. The number of nitrogens with zero attached hydrogens (tertiary/aromatic N) is 1. The SMILES string of the molecule is C[C@H](OC(=O)c1csc(-c2ccccc2)n1)C(=O)NC1CC1. The summed E-state index contributed by atoms with van der Waals surface area (Å²) in [5.41, 5.74) is 1.18. The number of amides is 1. The van der Waals surface area contributed by atoms with Crippen LogP contribution in [-0.2, 0) is 9.53 Å². The Bertz CT molecular complexity index is 680. The number of carbonyl (C=O) groups is 2. The Hall–Kier alpha value is -2.21. The lowest BCUT2D eigenvalue weighted by Gasteiger charge is -2.12. The third-order valence-corrected chi connectivity index (χ3v) is 4.20. The lowest BCUT2D eigenvalue weighted by atomic mass is 10.2. The number of esters is 1. The minimum atomic E-state index is -0.810. The summed E-state index contributed by atoms with van der Waals surface area (Å²) in [6.07, 6.45) is 1.19. The van der Waals surface area contributed by atoms with Crippen molar-refractivity contribution in [1.29, 1.82) is 0 Å².